The van der Waals surface area contributed by atoms with Gasteiger partial charge in [0, 0.05) is 19.1 Å². The lowest BCUT2D eigenvalue weighted by Crippen LogP contribution is -2.60. The van der Waals surface area contributed by atoms with Gasteiger partial charge in [0.05, 0.1) is 25.4 Å². The number of carbonyl (C=O) groups excluding carboxylic acids is 1. The quantitative estimate of drug-likeness (QED) is 0.584. The van der Waals surface area contributed by atoms with Crippen molar-refractivity contribution in [2.75, 3.05) is 33.0 Å². The average molecular weight is 400 g/mol. The lowest BCUT2D eigenvalue weighted by Gasteiger charge is -2.35. The highest BCUT2D eigenvalue weighted by atomic mass is 127. The van der Waals surface area contributed by atoms with Gasteiger partial charge in [-0.15, -0.1) is 24.0 Å². The monoisotopic (exact) mass is 400 g/mol. The number of halogens is 1. The van der Waals surface area contributed by atoms with Crippen molar-refractivity contribution >= 4 is 30.0 Å². The molecule has 0 bridgehead atoms. The van der Waals surface area contributed by atoms with Crippen LogP contribution in [0.25, 0.3) is 0 Å². The molecule has 7 heteroatoms. The number of nitrogens with zero attached hydrogens (tertiary/aromatic N) is 1. The molecule has 120 valence electrons. The number of ether oxygens (including phenoxy) is 1. The lowest BCUT2D eigenvalue weighted by molar-refractivity contribution is 0.0353. The van der Waals surface area contributed by atoms with Crippen LogP contribution in [0.2, 0.25) is 0 Å². The molecule has 1 rings (SSSR count). The molecule has 4 N–H and O–H groups in total. The Bertz CT molecular complexity index is 288. The SMILES string of the molecule is CCC(N)C(C)(CC)NC(=O)NCN1CCOCC1.I. The molecule has 1 fully saturated rings. The molecule has 0 aromatic heterocycles. The summed E-state index contributed by atoms with van der Waals surface area (Å²) in [4.78, 5) is 14.1. The van der Waals surface area contributed by atoms with Crippen LogP contribution in [0.15, 0.2) is 0 Å². The van der Waals surface area contributed by atoms with Gasteiger partial charge in [0.1, 0.15) is 0 Å². The molecule has 0 spiro atoms. The highest BCUT2D eigenvalue weighted by Gasteiger charge is 2.30. The van der Waals surface area contributed by atoms with E-state index in [-0.39, 0.29) is 41.6 Å². The molecule has 0 saturated carbocycles. The summed E-state index contributed by atoms with van der Waals surface area (Å²) in [5.74, 6) is 0. The van der Waals surface area contributed by atoms with E-state index in [9.17, 15) is 4.79 Å². The number of morpholine rings is 1. The maximum absolute atomic E-state index is 11.9. The minimum Gasteiger partial charge on any atom is -0.379 e. The fourth-order valence-corrected chi connectivity index (χ4v) is 2.14. The predicted octanol–water partition coefficient (Wildman–Crippen LogP) is 1.10. The van der Waals surface area contributed by atoms with Gasteiger partial charge in [0.2, 0.25) is 0 Å². The molecule has 1 aliphatic rings. The fraction of sp³-hybridized carbons (Fsp3) is 0.923. The number of hydrogen-bond acceptors (Lipinski definition) is 4. The minimum atomic E-state index is -0.357. The Balaban J connectivity index is 0.00000361. The number of nitrogens with one attached hydrogen (secondary N) is 2. The van der Waals surface area contributed by atoms with Crippen molar-refractivity contribution in [1.29, 1.82) is 0 Å². The van der Waals surface area contributed by atoms with Crippen LogP contribution < -0.4 is 16.4 Å². The maximum Gasteiger partial charge on any atom is 0.316 e. The van der Waals surface area contributed by atoms with Gasteiger partial charge in [-0.05, 0) is 19.8 Å². The Hall–Kier alpha value is -0.120. The molecular weight excluding hydrogens is 371 g/mol. The van der Waals surface area contributed by atoms with Crippen molar-refractivity contribution in [2.24, 2.45) is 5.73 Å². The molecule has 0 aromatic rings. The van der Waals surface area contributed by atoms with Crippen molar-refractivity contribution in [3.8, 4) is 0 Å². The Morgan fingerprint density at radius 2 is 2.00 bits per heavy atom. The summed E-state index contributed by atoms with van der Waals surface area (Å²) in [7, 11) is 0. The number of hydrogen-bond donors (Lipinski definition) is 3. The largest absolute Gasteiger partial charge is 0.379 e. The first-order chi connectivity index (χ1) is 9.01. The van der Waals surface area contributed by atoms with E-state index in [0.29, 0.717) is 6.67 Å². The first kappa shape index (κ1) is 19.9. The average Bonchev–Trinajstić information content (AvgIpc) is 2.45. The predicted molar refractivity (Wildman–Crippen MR) is 91.3 cm³/mol. The molecular formula is C13H29IN4O2. The van der Waals surface area contributed by atoms with Gasteiger partial charge < -0.3 is 21.1 Å². The standard InChI is InChI=1S/C13H28N4O2.HI/c1-4-11(14)13(3,5-2)16-12(18)15-10-17-6-8-19-9-7-17;/h11H,4-10,14H2,1-3H3,(H2,15,16,18);1H. The molecule has 6 nitrogen and oxygen atoms in total. The van der Waals surface area contributed by atoms with E-state index in [1.54, 1.807) is 0 Å². The second-order valence-corrected chi connectivity index (χ2v) is 5.31. The third-order valence-electron chi connectivity index (χ3n) is 3.96. The van der Waals surface area contributed by atoms with E-state index in [2.05, 4.69) is 15.5 Å². The van der Waals surface area contributed by atoms with Crippen molar-refractivity contribution in [1.82, 2.24) is 15.5 Å². The zero-order valence-electron chi connectivity index (χ0n) is 12.8. The number of urea groups is 1. The molecule has 2 amide bonds. The zero-order valence-corrected chi connectivity index (χ0v) is 15.1. The van der Waals surface area contributed by atoms with E-state index < -0.39 is 0 Å². The van der Waals surface area contributed by atoms with E-state index in [4.69, 9.17) is 10.5 Å². The van der Waals surface area contributed by atoms with Gasteiger partial charge in [0.15, 0.2) is 0 Å². The Morgan fingerprint density at radius 1 is 1.40 bits per heavy atom. The molecule has 0 aliphatic carbocycles. The molecule has 2 atom stereocenters. The normalized spacial score (nSPS) is 20.4. The molecule has 1 saturated heterocycles. The van der Waals surface area contributed by atoms with Crippen LogP contribution in [0.3, 0.4) is 0 Å². The smallest absolute Gasteiger partial charge is 0.316 e. The van der Waals surface area contributed by atoms with Crippen LogP contribution in [-0.2, 0) is 4.74 Å². The van der Waals surface area contributed by atoms with Gasteiger partial charge in [0.25, 0.3) is 0 Å². The summed E-state index contributed by atoms with van der Waals surface area (Å²) in [6, 6.07) is -0.189. The van der Waals surface area contributed by atoms with Crippen LogP contribution in [0.1, 0.15) is 33.6 Å². The van der Waals surface area contributed by atoms with Crippen molar-refractivity contribution in [3.05, 3.63) is 0 Å². The number of nitrogens with two attached hydrogens (primary N) is 1. The summed E-state index contributed by atoms with van der Waals surface area (Å²) in [6.45, 7) is 9.81. The van der Waals surface area contributed by atoms with Crippen molar-refractivity contribution < 1.29 is 9.53 Å². The summed E-state index contributed by atoms with van der Waals surface area (Å²) < 4.78 is 5.26. The third-order valence-corrected chi connectivity index (χ3v) is 3.96. The van der Waals surface area contributed by atoms with E-state index >= 15 is 0 Å². The molecule has 0 aromatic carbocycles. The van der Waals surface area contributed by atoms with E-state index in [0.717, 1.165) is 39.1 Å². The molecule has 2 unspecified atom stereocenters. The zero-order chi connectivity index (χ0) is 14.3. The number of amides is 2. The summed E-state index contributed by atoms with van der Waals surface area (Å²) >= 11 is 0. The van der Waals surface area contributed by atoms with Gasteiger partial charge in [-0.25, -0.2) is 4.79 Å². The topological polar surface area (TPSA) is 79.6 Å². The molecule has 1 heterocycles. The fourth-order valence-electron chi connectivity index (χ4n) is 2.14. The van der Waals surface area contributed by atoms with Crippen LogP contribution in [-0.4, -0.2) is 55.5 Å². The second-order valence-electron chi connectivity index (χ2n) is 5.31. The van der Waals surface area contributed by atoms with Gasteiger partial charge in [-0.3, -0.25) is 4.90 Å². The first-order valence-corrected chi connectivity index (χ1v) is 7.13. The van der Waals surface area contributed by atoms with Crippen molar-refractivity contribution in [2.45, 2.75) is 45.2 Å². The highest BCUT2D eigenvalue weighted by molar-refractivity contribution is 14.0. The summed E-state index contributed by atoms with van der Waals surface area (Å²) in [5.41, 5.74) is 5.72. The second kappa shape index (κ2) is 9.75. The van der Waals surface area contributed by atoms with Crippen molar-refractivity contribution in [3.63, 3.8) is 0 Å². The third kappa shape index (κ3) is 6.11. The Morgan fingerprint density at radius 3 is 2.50 bits per heavy atom. The van der Waals surface area contributed by atoms with E-state index in [1.807, 2.05) is 20.8 Å². The number of carbonyl (C=O) groups is 1. The van der Waals surface area contributed by atoms with Crippen LogP contribution >= 0.6 is 24.0 Å². The lowest BCUT2D eigenvalue weighted by atomic mass is 9.88. The van der Waals surface area contributed by atoms with Gasteiger partial charge >= 0.3 is 6.03 Å². The maximum atomic E-state index is 11.9. The van der Waals surface area contributed by atoms with Crippen LogP contribution in [0.5, 0.6) is 0 Å². The summed E-state index contributed by atoms with van der Waals surface area (Å²) in [6.07, 6.45) is 1.65. The Labute approximate surface area is 139 Å². The number of rotatable bonds is 6. The van der Waals surface area contributed by atoms with Crippen LogP contribution in [0, 0.1) is 0 Å². The molecule has 20 heavy (non-hydrogen) atoms. The summed E-state index contributed by atoms with van der Waals surface area (Å²) in [5, 5.41) is 5.89. The highest BCUT2D eigenvalue weighted by Crippen LogP contribution is 2.15. The first-order valence-electron chi connectivity index (χ1n) is 7.13. The minimum absolute atomic E-state index is 0. The molecule has 0 radical (unpaired) electrons. The molecule has 1 aliphatic heterocycles. The van der Waals surface area contributed by atoms with Gasteiger partial charge in [-0.1, -0.05) is 13.8 Å². The van der Waals surface area contributed by atoms with E-state index in [1.165, 1.54) is 0 Å². The Kier molecular flexibility index (Phi) is 9.69. The van der Waals surface area contributed by atoms with Gasteiger partial charge in [-0.2, -0.15) is 0 Å². The van der Waals surface area contributed by atoms with Crippen LogP contribution in [0.4, 0.5) is 4.79 Å².